The molecule has 1 saturated heterocycles. The zero-order chi connectivity index (χ0) is 18.4. The molecule has 0 spiro atoms. The third kappa shape index (κ3) is 6.66. The predicted molar refractivity (Wildman–Crippen MR) is 116 cm³/mol. The van der Waals surface area contributed by atoms with Gasteiger partial charge in [-0.25, -0.2) is 0 Å². The largest absolute Gasteiger partial charge is 0.484 e. The molecule has 1 aliphatic heterocycles. The lowest BCUT2D eigenvalue weighted by molar-refractivity contribution is -0.130. The number of nitrogens with one attached hydrogen (secondary N) is 1. The minimum atomic E-state index is -0.0550. The van der Waals surface area contributed by atoms with Crippen LogP contribution >= 0.6 is 24.0 Å². The summed E-state index contributed by atoms with van der Waals surface area (Å²) in [7, 11) is 5.26. The van der Waals surface area contributed by atoms with Gasteiger partial charge in [0.2, 0.25) is 0 Å². The molecule has 1 N–H and O–H groups in total. The molecule has 7 heteroatoms. The van der Waals surface area contributed by atoms with Crippen molar-refractivity contribution in [2.24, 2.45) is 10.4 Å². The van der Waals surface area contributed by atoms with Gasteiger partial charge in [-0.15, -0.1) is 24.0 Å². The lowest BCUT2D eigenvalue weighted by Gasteiger charge is -2.23. The van der Waals surface area contributed by atoms with E-state index in [1.165, 1.54) is 11.3 Å². The van der Waals surface area contributed by atoms with Crippen LogP contribution in [0.5, 0.6) is 5.75 Å². The SMILES string of the molecule is CN=C(NCc1cccc(OCC(=O)N(C)C)c1)N1CCC(C)(C)C1.I. The quantitative estimate of drug-likeness (QED) is 0.405. The van der Waals surface area contributed by atoms with Gasteiger partial charge in [0.25, 0.3) is 5.91 Å². The number of rotatable bonds is 5. The van der Waals surface area contributed by atoms with Crippen LogP contribution in [0.15, 0.2) is 29.3 Å². The Morgan fingerprint density at radius 2 is 2.12 bits per heavy atom. The number of hydrogen-bond donors (Lipinski definition) is 1. The molecule has 0 aromatic heterocycles. The summed E-state index contributed by atoms with van der Waals surface area (Å²) in [6.07, 6.45) is 1.18. The average molecular weight is 474 g/mol. The number of aliphatic imine (C=N–C) groups is 1. The van der Waals surface area contributed by atoms with Gasteiger partial charge >= 0.3 is 0 Å². The molecule has 0 atom stereocenters. The van der Waals surface area contributed by atoms with E-state index in [4.69, 9.17) is 4.74 Å². The maximum Gasteiger partial charge on any atom is 0.259 e. The van der Waals surface area contributed by atoms with Crippen molar-refractivity contribution >= 4 is 35.8 Å². The molecular formula is C19H31IN4O2. The van der Waals surface area contributed by atoms with E-state index in [1.807, 2.05) is 31.3 Å². The lowest BCUT2D eigenvalue weighted by Crippen LogP contribution is -2.40. The minimum absolute atomic E-state index is 0. The molecule has 6 nitrogen and oxygen atoms in total. The third-order valence-electron chi connectivity index (χ3n) is 4.40. The molecule has 26 heavy (non-hydrogen) atoms. The van der Waals surface area contributed by atoms with Crippen LogP contribution in [0, 0.1) is 5.41 Å². The van der Waals surface area contributed by atoms with Crippen LogP contribution in [0.1, 0.15) is 25.8 Å². The van der Waals surface area contributed by atoms with E-state index in [0.717, 1.165) is 24.6 Å². The van der Waals surface area contributed by atoms with E-state index in [9.17, 15) is 4.79 Å². The number of carbonyl (C=O) groups excluding carboxylic acids is 1. The highest BCUT2D eigenvalue weighted by molar-refractivity contribution is 14.0. The Balaban J connectivity index is 0.00000338. The van der Waals surface area contributed by atoms with Gasteiger partial charge in [0.1, 0.15) is 5.75 Å². The number of hydrogen-bond acceptors (Lipinski definition) is 3. The molecule has 2 rings (SSSR count). The second kappa shape index (κ2) is 9.99. The second-order valence-corrected chi connectivity index (χ2v) is 7.46. The van der Waals surface area contributed by atoms with Gasteiger partial charge < -0.3 is 19.9 Å². The van der Waals surface area contributed by atoms with E-state index in [2.05, 4.69) is 29.1 Å². The van der Waals surface area contributed by atoms with Crippen molar-refractivity contribution in [1.82, 2.24) is 15.1 Å². The first-order valence-corrected chi connectivity index (χ1v) is 8.68. The van der Waals surface area contributed by atoms with Crippen molar-refractivity contribution in [3.8, 4) is 5.75 Å². The van der Waals surface area contributed by atoms with Crippen LogP contribution in [0.2, 0.25) is 0 Å². The zero-order valence-electron chi connectivity index (χ0n) is 16.4. The molecule has 1 aromatic rings. The van der Waals surface area contributed by atoms with Gasteiger partial charge in [-0.3, -0.25) is 9.79 Å². The van der Waals surface area contributed by atoms with Gasteiger partial charge in [0, 0.05) is 40.8 Å². The second-order valence-electron chi connectivity index (χ2n) is 7.46. The maximum absolute atomic E-state index is 11.6. The molecule has 1 heterocycles. The topological polar surface area (TPSA) is 57.2 Å². The Bertz CT molecular complexity index is 632. The summed E-state index contributed by atoms with van der Waals surface area (Å²) in [5.74, 6) is 1.58. The van der Waals surface area contributed by atoms with Crippen molar-refractivity contribution in [3.05, 3.63) is 29.8 Å². The monoisotopic (exact) mass is 474 g/mol. The van der Waals surface area contributed by atoms with E-state index in [0.29, 0.717) is 17.7 Å². The number of amides is 1. The first-order valence-electron chi connectivity index (χ1n) is 8.68. The molecule has 0 radical (unpaired) electrons. The molecule has 146 valence electrons. The molecule has 1 fully saturated rings. The molecule has 0 saturated carbocycles. The summed E-state index contributed by atoms with van der Waals surface area (Å²) in [6, 6.07) is 7.80. The van der Waals surface area contributed by atoms with E-state index in [1.54, 1.807) is 14.1 Å². The molecule has 0 bridgehead atoms. The normalized spacial score (nSPS) is 16.0. The average Bonchev–Trinajstić information content (AvgIpc) is 2.93. The summed E-state index contributed by atoms with van der Waals surface area (Å²) >= 11 is 0. The number of guanidine groups is 1. The third-order valence-corrected chi connectivity index (χ3v) is 4.40. The first kappa shape index (κ1) is 22.5. The van der Waals surface area contributed by atoms with Crippen LogP contribution in [-0.4, -0.2) is 62.5 Å². The van der Waals surface area contributed by atoms with Crippen molar-refractivity contribution < 1.29 is 9.53 Å². The standard InChI is InChI=1S/C19H30N4O2.HI/c1-19(2)9-10-23(14-19)18(20-3)21-12-15-7-6-8-16(11-15)25-13-17(24)22(4)5;/h6-8,11H,9-10,12-14H2,1-5H3,(H,20,21);1H. The van der Waals surface area contributed by atoms with Gasteiger partial charge in [-0.2, -0.15) is 0 Å². The van der Waals surface area contributed by atoms with Crippen molar-refractivity contribution in [2.45, 2.75) is 26.8 Å². The van der Waals surface area contributed by atoms with Gasteiger partial charge in [0.15, 0.2) is 12.6 Å². The van der Waals surface area contributed by atoms with E-state index < -0.39 is 0 Å². The summed E-state index contributed by atoms with van der Waals surface area (Å²) in [6.45, 7) is 7.34. The van der Waals surface area contributed by atoms with Gasteiger partial charge in [-0.1, -0.05) is 26.0 Å². The van der Waals surface area contributed by atoms with E-state index in [-0.39, 0.29) is 36.5 Å². The lowest BCUT2D eigenvalue weighted by atomic mass is 9.93. The Labute approximate surface area is 174 Å². The van der Waals surface area contributed by atoms with Crippen LogP contribution in [0.4, 0.5) is 0 Å². The predicted octanol–water partition coefficient (Wildman–Crippen LogP) is 2.58. The number of ether oxygens (including phenoxy) is 1. The van der Waals surface area contributed by atoms with E-state index >= 15 is 0 Å². The van der Waals surface area contributed by atoms with Crippen molar-refractivity contribution in [2.75, 3.05) is 40.8 Å². The van der Waals surface area contributed by atoms with Crippen LogP contribution in [0.3, 0.4) is 0 Å². The van der Waals surface area contributed by atoms with Crippen molar-refractivity contribution in [3.63, 3.8) is 0 Å². The fourth-order valence-electron chi connectivity index (χ4n) is 2.83. The zero-order valence-corrected chi connectivity index (χ0v) is 18.7. The number of likely N-dealkylation sites (N-methyl/N-ethyl adjacent to an activating group) is 1. The first-order chi connectivity index (χ1) is 11.8. The fourth-order valence-corrected chi connectivity index (χ4v) is 2.83. The highest BCUT2D eigenvalue weighted by Gasteiger charge is 2.30. The Morgan fingerprint density at radius 3 is 2.69 bits per heavy atom. The summed E-state index contributed by atoms with van der Waals surface area (Å²) in [5.41, 5.74) is 1.43. The molecule has 0 aliphatic carbocycles. The molecule has 1 aromatic carbocycles. The smallest absolute Gasteiger partial charge is 0.259 e. The van der Waals surface area contributed by atoms with Gasteiger partial charge in [0.05, 0.1) is 0 Å². The minimum Gasteiger partial charge on any atom is -0.484 e. The number of carbonyl (C=O) groups is 1. The fraction of sp³-hybridized carbons (Fsp3) is 0.579. The highest BCUT2D eigenvalue weighted by atomic mass is 127. The molecule has 1 aliphatic rings. The Hall–Kier alpha value is -1.51. The summed E-state index contributed by atoms with van der Waals surface area (Å²) in [5, 5.41) is 3.42. The maximum atomic E-state index is 11.6. The van der Waals surface area contributed by atoms with Crippen molar-refractivity contribution in [1.29, 1.82) is 0 Å². The van der Waals surface area contributed by atoms with Gasteiger partial charge in [-0.05, 0) is 29.5 Å². The molecule has 0 unspecified atom stereocenters. The molecular weight excluding hydrogens is 443 g/mol. The number of benzene rings is 1. The van der Waals surface area contributed by atoms with Crippen LogP contribution < -0.4 is 10.1 Å². The van der Waals surface area contributed by atoms with Crippen LogP contribution in [0.25, 0.3) is 0 Å². The Kier molecular flexibility index (Phi) is 8.66. The summed E-state index contributed by atoms with van der Waals surface area (Å²) < 4.78 is 5.57. The summed E-state index contributed by atoms with van der Waals surface area (Å²) in [4.78, 5) is 19.8. The van der Waals surface area contributed by atoms with Crippen LogP contribution in [-0.2, 0) is 11.3 Å². The molecule has 1 amide bonds. The Morgan fingerprint density at radius 1 is 1.38 bits per heavy atom. The number of halogens is 1. The highest BCUT2D eigenvalue weighted by Crippen LogP contribution is 2.28. The number of nitrogens with zero attached hydrogens (tertiary/aromatic N) is 3. The number of likely N-dealkylation sites (tertiary alicyclic amines) is 1.